The Morgan fingerprint density at radius 2 is 1.36 bits per heavy atom. The van der Waals surface area contributed by atoms with Crippen LogP contribution in [0.2, 0.25) is 0 Å². The average Bonchev–Trinajstić information content (AvgIpc) is 2.75. The largest absolute Gasteiger partial charge is 0.380 e. The molecule has 0 saturated carbocycles. The van der Waals surface area contributed by atoms with Crippen LogP contribution in [-0.2, 0) is 27.4 Å². The van der Waals surface area contributed by atoms with E-state index in [1.165, 1.54) is 0 Å². The summed E-state index contributed by atoms with van der Waals surface area (Å²) in [6.07, 6.45) is -0.276. The van der Waals surface area contributed by atoms with Crippen molar-refractivity contribution in [1.29, 1.82) is 0 Å². The first-order valence-electron chi connectivity index (χ1n) is 9.31. The van der Waals surface area contributed by atoms with E-state index < -0.39 is 0 Å². The number of hydrogen-bond acceptors (Lipinski definition) is 3. The van der Waals surface area contributed by atoms with Crippen LogP contribution >= 0.6 is 0 Å². The minimum Gasteiger partial charge on any atom is -0.380 e. The van der Waals surface area contributed by atoms with E-state index in [0.29, 0.717) is 13.2 Å². The zero-order valence-corrected chi connectivity index (χ0v) is 16.0. The predicted molar refractivity (Wildman–Crippen MR) is 110 cm³/mol. The van der Waals surface area contributed by atoms with Crippen molar-refractivity contribution in [3.05, 3.63) is 107 Å². The van der Waals surface area contributed by atoms with Gasteiger partial charge in [-0.1, -0.05) is 84.9 Å². The van der Waals surface area contributed by atoms with Crippen LogP contribution in [0.25, 0.3) is 0 Å². The predicted octanol–water partition coefficient (Wildman–Crippen LogP) is 4.26. The normalized spacial score (nSPS) is 10.8. The number of rotatable bonds is 9. The fourth-order valence-corrected chi connectivity index (χ4v) is 2.97. The van der Waals surface area contributed by atoms with Gasteiger partial charge in [-0.3, -0.25) is 4.79 Å². The second-order valence-electron chi connectivity index (χ2n) is 6.54. The summed E-state index contributed by atoms with van der Waals surface area (Å²) >= 11 is 0. The quantitative estimate of drug-likeness (QED) is 0.608. The van der Waals surface area contributed by atoms with Crippen molar-refractivity contribution in [2.45, 2.75) is 19.3 Å². The molecule has 144 valence electrons. The molecule has 28 heavy (non-hydrogen) atoms. The van der Waals surface area contributed by atoms with Gasteiger partial charge in [-0.15, -0.1) is 0 Å². The topological polar surface area (TPSA) is 47.6 Å². The number of carbonyl (C=O) groups is 1. The maximum absolute atomic E-state index is 12.3. The first-order chi connectivity index (χ1) is 13.8. The molecular formula is C24H25NO3. The minimum absolute atomic E-state index is 0.00376. The van der Waals surface area contributed by atoms with Gasteiger partial charge in [-0.25, -0.2) is 0 Å². The van der Waals surface area contributed by atoms with E-state index in [4.69, 9.17) is 9.47 Å². The van der Waals surface area contributed by atoms with E-state index in [0.717, 1.165) is 22.3 Å². The Labute approximate surface area is 166 Å². The van der Waals surface area contributed by atoms with E-state index in [9.17, 15) is 4.79 Å². The molecule has 0 aliphatic rings. The van der Waals surface area contributed by atoms with E-state index in [2.05, 4.69) is 5.32 Å². The molecule has 3 aromatic carbocycles. The number of methoxy groups -OCH3 is 1. The molecule has 0 aromatic heterocycles. The third-order valence-corrected chi connectivity index (χ3v) is 4.41. The molecule has 0 fully saturated rings. The molecule has 1 amide bonds. The molecule has 1 N–H and O–H groups in total. The molecule has 0 aliphatic heterocycles. The molecule has 0 atom stereocenters. The van der Waals surface area contributed by atoms with Crippen molar-refractivity contribution in [2.24, 2.45) is 0 Å². The summed E-state index contributed by atoms with van der Waals surface area (Å²) in [4.78, 5) is 12.3. The van der Waals surface area contributed by atoms with Crippen molar-refractivity contribution in [1.82, 2.24) is 5.32 Å². The third-order valence-electron chi connectivity index (χ3n) is 4.41. The third kappa shape index (κ3) is 5.78. The highest BCUT2D eigenvalue weighted by Gasteiger charge is 2.16. The highest BCUT2D eigenvalue weighted by molar-refractivity contribution is 5.77. The Morgan fingerprint density at radius 3 is 1.89 bits per heavy atom. The van der Waals surface area contributed by atoms with Gasteiger partial charge in [-0.2, -0.15) is 0 Å². The fourth-order valence-electron chi connectivity index (χ4n) is 2.97. The molecule has 4 heteroatoms. The molecule has 3 aromatic rings. The summed E-state index contributed by atoms with van der Waals surface area (Å²) < 4.78 is 11.1. The lowest BCUT2D eigenvalue weighted by Crippen LogP contribution is -2.28. The number of carbonyl (C=O) groups excluding carboxylic acids is 1. The second kappa shape index (κ2) is 10.4. The van der Waals surface area contributed by atoms with Crippen molar-refractivity contribution < 1.29 is 14.3 Å². The van der Waals surface area contributed by atoms with Crippen LogP contribution in [0.1, 0.15) is 28.4 Å². The Hall–Kier alpha value is -2.95. The molecule has 0 heterocycles. The summed E-state index contributed by atoms with van der Waals surface area (Å²) in [7, 11) is 1.67. The Balaban J connectivity index is 1.56. The maximum atomic E-state index is 12.3. The molecule has 0 spiro atoms. The van der Waals surface area contributed by atoms with Crippen molar-refractivity contribution >= 4 is 5.91 Å². The zero-order valence-electron chi connectivity index (χ0n) is 16.0. The van der Waals surface area contributed by atoms with Gasteiger partial charge >= 0.3 is 0 Å². The highest BCUT2D eigenvalue weighted by atomic mass is 16.5. The van der Waals surface area contributed by atoms with Crippen LogP contribution in [0.4, 0.5) is 0 Å². The van der Waals surface area contributed by atoms with Gasteiger partial charge in [0.1, 0.15) is 12.7 Å². The summed E-state index contributed by atoms with van der Waals surface area (Å²) in [6, 6.07) is 27.9. The van der Waals surface area contributed by atoms with Crippen LogP contribution in [0.3, 0.4) is 0 Å². The molecule has 0 saturated heterocycles. The monoisotopic (exact) mass is 375 g/mol. The number of amides is 1. The van der Waals surface area contributed by atoms with Crippen LogP contribution in [0, 0.1) is 0 Å². The molecule has 0 bridgehead atoms. The summed E-state index contributed by atoms with van der Waals surface area (Å²) in [5.41, 5.74) is 4.19. The van der Waals surface area contributed by atoms with Gasteiger partial charge in [0, 0.05) is 13.7 Å². The van der Waals surface area contributed by atoms with Gasteiger partial charge in [0.25, 0.3) is 0 Å². The molecular weight excluding hydrogens is 350 g/mol. The number of benzene rings is 3. The van der Waals surface area contributed by atoms with Crippen molar-refractivity contribution in [2.75, 3.05) is 13.7 Å². The molecule has 4 nitrogen and oxygen atoms in total. The maximum Gasteiger partial charge on any atom is 0.246 e. The number of nitrogens with one attached hydrogen (secondary N) is 1. The molecule has 0 unspecified atom stereocenters. The standard InChI is InChI=1S/C24H25NO3/c1-27-17-20-14-12-19(13-15-20)16-25-23(26)18-28-24(21-8-4-2-5-9-21)22-10-6-3-7-11-22/h2-15,24H,16-18H2,1H3,(H,25,26). The molecule has 0 aliphatic carbocycles. The summed E-state index contributed by atoms with van der Waals surface area (Å²) in [6.45, 7) is 1.05. The van der Waals surface area contributed by atoms with Gasteiger partial charge in [0.15, 0.2) is 0 Å². The van der Waals surface area contributed by atoms with Crippen LogP contribution < -0.4 is 5.32 Å². The van der Waals surface area contributed by atoms with Gasteiger partial charge in [0.2, 0.25) is 5.91 Å². The first kappa shape index (κ1) is 19.8. The SMILES string of the molecule is COCc1ccc(CNC(=O)COC(c2ccccc2)c2ccccc2)cc1. The molecule has 3 rings (SSSR count). The van der Waals surface area contributed by atoms with Crippen LogP contribution in [-0.4, -0.2) is 19.6 Å². The Bertz CT molecular complexity index is 809. The lowest BCUT2D eigenvalue weighted by Gasteiger charge is -2.19. The lowest BCUT2D eigenvalue weighted by atomic mass is 10.0. The smallest absolute Gasteiger partial charge is 0.246 e. The number of ether oxygens (including phenoxy) is 2. The fraction of sp³-hybridized carbons (Fsp3) is 0.208. The Morgan fingerprint density at radius 1 is 0.821 bits per heavy atom. The average molecular weight is 375 g/mol. The molecule has 0 radical (unpaired) electrons. The van der Waals surface area contributed by atoms with Crippen LogP contribution in [0.15, 0.2) is 84.9 Å². The van der Waals surface area contributed by atoms with E-state index in [1.807, 2.05) is 84.9 Å². The van der Waals surface area contributed by atoms with Crippen molar-refractivity contribution in [3.8, 4) is 0 Å². The Kier molecular flexibility index (Phi) is 7.36. The summed E-state index contributed by atoms with van der Waals surface area (Å²) in [5, 5.41) is 2.91. The highest BCUT2D eigenvalue weighted by Crippen LogP contribution is 2.25. The van der Waals surface area contributed by atoms with E-state index in [1.54, 1.807) is 7.11 Å². The zero-order chi connectivity index (χ0) is 19.6. The lowest BCUT2D eigenvalue weighted by molar-refractivity contribution is -0.127. The van der Waals surface area contributed by atoms with E-state index >= 15 is 0 Å². The van der Waals surface area contributed by atoms with Crippen molar-refractivity contribution in [3.63, 3.8) is 0 Å². The van der Waals surface area contributed by atoms with E-state index in [-0.39, 0.29) is 18.6 Å². The van der Waals surface area contributed by atoms with Crippen LogP contribution in [0.5, 0.6) is 0 Å². The van der Waals surface area contributed by atoms with Gasteiger partial charge in [0.05, 0.1) is 6.61 Å². The summed E-state index contributed by atoms with van der Waals surface area (Å²) in [5.74, 6) is -0.141. The van der Waals surface area contributed by atoms with Gasteiger partial charge < -0.3 is 14.8 Å². The first-order valence-corrected chi connectivity index (χ1v) is 9.31. The van der Waals surface area contributed by atoms with Gasteiger partial charge in [-0.05, 0) is 22.3 Å². The second-order valence-corrected chi connectivity index (χ2v) is 6.54. The number of hydrogen-bond donors (Lipinski definition) is 1. The minimum atomic E-state index is -0.276.